The van der Waals surface area contributed by atoms with Gasteiger partial charge in [0.25, 0.3) is 0 Å². The maximum Gasteiger partial charge on any atom is 0.330 e. The van der Waals surface area contributed by atoms with E-state index in [-0.39, 0.29) is 12.4 Å². The monoisotopic (exact) mass is 605 g/mol. The zero-order chi connectivity index (χ0) is 31.9. The Labute approximate surface area is 267 Å². The van der Waals surface area contributed by atoms with Gasteiger partial charge in [0.2, 0.25) is 0 Å². The van der Waals surface area contributed by atoms with Gasteiger partial charge >= 0.3 is 5.97 Å². The van der Waals surface area contributed by atoms with E-state index in [4.69, 9.17) is 24.4 Å². The van der Waals surface area contributed by atoms with Crippen LogP contribution in [-0.2, 0) is 9.53 Å². The third-order valence-electron chi connectivity index (χ3n) is 7.31. The lowest BCUT2D eigenvalue weighted by Crippen LogP contribution is -2.20. The summed E-state index contributed by atoms with van der Waals surface area (Å²) in [6, 6.07) is 41.3. The number of aromatic nitrogens is 3. The van der Waals surface area contributed by atoms with Gasteiger partial charge in [0.15, 0.2) is 17.5 Å². The van der Waals surface area contributed by atoms with Crippen molar-refractivity contribution in [3.05, 3.63) is 140 Å². The highest BCUT2D eigenvalue weighted by Crippen LogP contribution is 2.34. The summed E-state index contributed by atoms with van der Waals surface area (Å²) in [7, 11) is 0. The van der Waals surface area contributed by atoms with Gasteiger partial charge in [-0.2, -0.15) is 0 Å². The first kappa shape index (κ1) is 30.0. The van der Waals surface area contributed by atoms with Gasteiger partial charge in [-0.25, -0.2) is 19.7 Å². The molecule has 5 aromatic carbocycles. The molecular formula is C39H31N3O4. The predicted molar refractivity (Wildman–Crippen MR) is 180 cm³/mol. The zero-order valence-electron chi connectivity index (χ0n) is 25.2. The fraction of sp³-hybridized carbons (Fsp3) is 0.0769. The van der Waals surface area contributed by atoms with Crippen LogP contribution in [0.15, 0.2) is 140 Å². The van der Waals surface area contributed by atoms with Crippen LogP contribution in [-0.4, -0.2) is 38.7 Å². The number of rotatable bonds is 10. The quantitative estimate of drug-likeness (QED) is 0.124. The second-order valence-corrected chi connectivity index (χ2v) is 10.6. The number of nitrogens with zero attached hydrogens (tertiary/aromatic N) is 3. The lowest BCUT2D eigenvalue weighted by Gasteiger charge is -2.15. The average Bonchev–Trinajstić information content (AvgIpc) is 3.11. The Morgan fingerprint density at radius 2 is 1.13 bits per heavy atom. The van der Waals surface area contributed by atoms with Crippen LogP contribution in [0.25, 0.3) is 56.4 Å². The van der Waals surface area contributed by atoms with Gasteiger partial charge in [-0.15, -0.1) is 0 Å². The summed E-state index contributed by atoms with van der Waals surface area (Å²) in [6.45, 7) is 5.19. The molecule has 6 aromatic rings. The number of hydrogen-bond donors (Lipinski definition) is 1. The van der Waals surface area contributed by atoms with Crippen molar-refractivity contribution in [2.75, 3.05) is 6.61 Å². The summed E-state index contributed by atoms with van der Waals surface area (Å²) in [5.41, 5.74) is 6.44. The fourth-order valence-electron chi connectivity index (χ4n) is 4.94. The molecule has 7 nitrogen and oxygen atoms in total. The normalized spacial score (nSPS) is 11.4. The molecule has 6 rings (SSSR count). The molecule has 0 saturated heterocycles. The van der Waals surface area contributed by atoms with Crippen molar-refractivity contribution < 1.29 is 19.4 Å². The molecule has 1 aromatic heterocycles. The van der Waals surface area contributed by atoms with Gasteiger partial charge < -0.3 is 14.6 Å². The number of carbonyl (C=O) groups excluding carboxylic acids is 1. The van der Waals surface area contributed by atoms with E-state index in [1.54, 1.807) is 19.1 Å². The van der Waals surface area contributed by atoms with Crippen LogP contribution in [0.1, 0.15) is 6.92 Å². The van der Waals surface area contributed by atoms with Crippen LogP contribution < -0.4 is 4.74 Å². The third kappa shape index (κ3) is 7.00. The Balaban J connectivity index is 1.35. The Morgan fingerprint density at radius 1 is 0.674 bits per heavy atom. The number of ether oxygens (including phenoxy) is 2. The van der Waals surface area contributed by atoms with E-state index in [1.807, 2.05) is 84.9 Å². The highest BCUT2D eigenvalue weighted by atomic mass is 16.6. The van der Waals surface area contributed by atoms with Crippen molar-refractivity contribution in [2.24, 2.45) is 0 Å². The summed E-state index contributed by atoms with van der Waals surface area (Å²) in [5.74, 6) is 1.09. The largest absolute Gasteiger partial charge is 0.507 e. The number of benzene rings is 5. The first-order chi connectivity index (χ1) is 22.5. The highest BCUT2D eigenvalue weighted by Gasteiger charge is 2.17. The molecule has 0 amide bonds. The third-order valence-corrected chi connectivity index (χ3v) is 7.31. The highest BCUT2D eigenvalue weighted by molar-refractivity contribution is 5.81. The van der Waals surface area contributed by atoms with E-state index in [9.17, 15) is 9.90 Å². The molecule has 1 unspecified atom stereocenters. The van der Waals surface area contributed by atoms with Crippen LogP contribution >= 0.6 is 0 Å². The minimum atomic E-state index is -0.528. The molecule has 1 atom stereocenters. The van der Waals surface area contributed by atoms with Gasteiger partial charge in [-0.05, 0) is 41.3 Å². The van der Waals surface area contributed by atoms with Gasteiger partial charge in [-0.3, -0.25) is 0 Å². The van der Waals surface area contributed by atoms with Crippen LogP contribution in [0.3, 0.4) is 0 Å². The average molecular weight is 606 g/mol. The van der Waals surface area contributed by atoms with E-state index in [1.165, 1.54) is 6.07 Å². The maximum atomic E-state index is 11.4. The molecule has 0 bridgehead atoms. The van der Waals surface area contributed by atoms with E-state index < -0.39 is 12.1 Å². The first-order valence-electron chi connectivity index (χ1n) is 14.8. The zero-order valence-corrected chi connectivity index (χ0v) is 25.2. The van der Waals surface area contributed by atoms with E-state index in [0.717, 1.165) is 39.5 Å². The minimum Gasteiger partial charge on any atom is -0.507 e. The smallest absolute Gasteiger partial charge is 0.330 e. The molecule has 0 aliphatic rings. The van der Waals surface area contributed by atoms with Gasteiger partial charge in [-0.1, -0.05) is 116 Å². The molecule has 1 heterocycles. The number of hydrogen-bond acceptors (Lipinski definition) is 7. The van der Waals surface area contributed by atoms with Crippen molar-refractivity contribution in [3.63, 3.8) is 0 Å². The molecule has 0 aliphatic carbocycles. The molecule has 1 N–H and O–H groups in total. The van der Waals surface area contributed by atoms with Gasteiger partial charge in [0.05, 0.1) is 5.56 Å². The van der Waals surface area contributed by atoms with E-state index in [2.05, 4.69) is 30.8 Å². The van der Waals surface area contributed by atoms with Crippen LogP contribution in [0.5, 0.6) is 11.5 Å². The minimum absolute atomic E-state index is 0.0413. The number of aromatic hydroxyl groups is 1. The first-order valence-corrected chi connectivity index (χ1v) is 14.8. The van der Waals surface area contributed by atoms with Crippen molar-refractivity contribution in [1.82, 2.24) is 15.0 Å². The predicted octanol–water partition coefficient (Wildman–Crippen LogP) is 8.41. The second-order valence-electron chi connectivity index (χ2n) is 10.6. The molecule has 0 fully saturated rings. The molecule has 0 saturated carbocycles. The van der Waals surface area contributed by atoms with Crippen molar-refractivity contribution in [2.45, 2.75) is 13.0 Å². The molecule has 46 heavy (non-hydrogen) atoms. The fourth-order valence-corrected chi connectivity index (χ4v) is 4.94. The van der Waals surface area contributed by atoms with Crippen molar-refractivity contribution >= 4 is 5.97 Å². The lowest BCUT2D eigenvalue weighted by atomic mass is 10.0. The molecule has 226 valence electrons. The summed E-state index contributed by atoms with van der Waals surface area (Å²) in [5, 5.41) is 11.1. The Hall–Kier alpha value is -6.08. The topological polar surface area (TPSA) is 94.4 Å². The summed E-state index contributed by atoms with van der Waals surface area (Å²) in [6.07, 6.45) is 0.655. The standard InChI is InChI=1S/C39H31N3O4/c1-3-36(44)45-25-26(2)46-33-22-23-34(35(43)24-33)39-41-37(31-18-14-29(15-19-31)27-10-6-4-7-11-27)40-38(42-39)32-20-16-30(17-21-32)28-12-8-5-9-13-28/h3-24,26,43H,1,25H2,2H3. The van der Waals surface area contributed by atoms with Crippen LogP contribution in [0.4, 0.5) is 0 Å². The Kier molecular flexibility index (Phi) is 8.92. The summed E-state index contributed by atoms with van der Waals surface area (Å²) >= 11 is 0. The molecule has 0 spiro atoms. The molecular weight excluding hydrogens is 574 g/mol. The Morgan fingerprint density at radius 3 is 1.61 bits per heavy atom. The molecule has 0 aliphatic heterocycles. The Bertz CT molecular complexity index is 1860. The van der Waals surface area contributed by atoms with E-state index >= 15 is 0 Å². The number of phenols is 1. The SMILES string of the molecule is C=CC(=O)OCC(C)Oc1ccc(-c2nc(-c3ccc(-c4ccccc4)cc3)nc(-c3ccc(-c4ccccc4)cc3)n2)c(O)c1. The number of carbonyl (C=O) groups is 1. The lowest BCUT2D eigenvalue weighted by molar-refractivity contribution is -0.139. The van der Waals surface area contributed by atoms with Crippen molar-refractivity contribution in [1.29, 1.82) is 0 Å². The van der Waals surface area contributed by atoms with Crippen LogP contribution in [0, 0.1) is 0 Å². The molecule has 7 heteroatoms. The number of esters is 1. The summed E-state index contributed by atoms with van der Waals surface area (Å²) in [4.78, 5) is 25.8. The summed E-state index contributed by atoms with van der Waals surface area (Å²) < 4.78 is 10.9. The van der Waals surface area contributed by atoms with E-state index in [0.29, 0.717) is 28.8 Å². The van der Waals surface area contributed by atoms with Crippen molar-refractivity contribution in [3.8, 4) is 67.9 Å². The maximum absolute atomic E-state index is 11.4. The van der Waals surface area contributed by atoms with Crippen LogP contribution in [0.2, 0.25) is 0 Å². The van der Waals surface area contributed by atoms with Gasteiger partial charge in [0, 0.05) is 23.3 Å². The van der Waals surface area contributed by atoms with Gasteiger partial charge in [0.1, 0.15) is 24.2 Å². The molecule has 0 radical (unpaired) electrons. The number of phenolic OH excluding ortho intramolecular Hbond substituents is 1. The second kappa shape index (κ2) is 13.7.